The van der Waals surface area contributed by atoms with E-state index in [0.717, 1.165) is 4.57 Å². The highest BCUT2D eigenvalue weighted by molar-refractivity contribution is 5.36. The summed E-state index contributed by atoms with van der Waals surface area (Å²) in [5.41, 5.74) is -0.572. The first-order valence-electron chi connectivity index (χ1n) is 6.03. The normalized spacial score (nSPS) is 10.4. The predicted molar refractivity (Wildman–Crippen MR) is 74.4 cm³/mol. The van der Waals surface area contributed by atoms with E-state index >= 15 is 0 Å². The standard InChI is InChI=1S/C13H13N3O5/c1-14-7-9(12(17)15(2)13(14)18)8-21-11-5-3-10(4-6-11)16(19)20/h3-7H,8H2,1-2H3. The Labute approximate surface area is 119 Å². The van der Waals surface area contributed by atoms with Gasteiger partial charge in [-0.1, -0.05) is 0 Å². The summed E-state index contributed by atoms with van der Waals surface area (Å²) in [7, 11) is 2.93. The molecular weight excluding hydrogens is 278 g/mol. The summed E-state index contributed by atoms with van der Waals surface area (Å²) in [5.74, 6) is 0.400. The minimum absolute atomic E-state index is 0.0292. The molecule has 0 aliphatic heterocycles. The van der Waals surface area contributed by atoms with Gasteiger partial charge in [-0.25, -0.2) is 4.79 Å². The van der Waals surface area contributed by atoms with Crippen LogP contribution in [0.25, 0.3) is 0 Å². The Kier molecular flexibility index (Phi) is 3.88. The summed E-state index contributed by atoms with van der Waals surface area (Å²) in [5, 5.41) is 10.5. The molecule has 0 aliphatic rings. The Hall–Kier alpha value is -2.90. The molecular formula is C13H13N3O5. The molecule has 0 N–H and O–H groups in total. The minimum atomic E-state index is -0.507. The maximum absolute atomic E-state index is 11.9. The van der Waals surface area contributed by atoms with Gasteiger partial charge in [0.25, 0.3) is 11.2 Å². The lowest BCUT2D eigenvalue weighted by molar-refractivity contribution is -0.384. The highest BCUT2D eigenvalue weighted by Gasteiger charge is 2.08. The first-order chi connectivity index (χ1) is 9.90. The Morgan fingerprint density at radius 3 is 2.38 bits per heavy atom. The third-order valence-corrected chi connectivity index (χ3v) is 2.96. The second kappa shape index (κ2) is 5.61. The van der Waals surface area contributed by atoms with Crippen LogP contribution in [-0.4, -0.2) is 14.1 Å². The predicted octanol–water partition coefficient (Wildman–Crippen LogP) is 0.571. The Bertz CT molecular complexity index is 789. The fourth-order valence-electron chi connectivity index (χ4n) is 1.81. The van der Waals surface area contributed by atoms with Gasteiger partial charge in [0.2, 0.25) is 0 Å². The summed E-state index contributed by atoms with van der Waals surface area (Å²) < 4.78 is 7.69. The number of benzene rings is 1. The summed E-state index contributed by atoms with van der Waals surface area (Å²) in [6.45, 7) is -0.0292. The van der Waals surface area contributed by atoms with Crippen LogP contribution in [0, 0.1) is 10.1 Å². The smallest absolute Gasteiger partial charge is 0.330 e. The van der Waals surface area contributed by atoms with E-state index in [2.05, 4.69) is 0 Å². The van der Waals surface area contributed by atoms with Gasteiger partial charge in [-0.05, 0) is 12.1 Å². The van der Waals surface area contributed by atoms with Gasteiger partial charge >= 0.3 is 5.69 Å². The number of nitrogens with zero attached hydrogens (tertiary/aromatic N) is 3. The van der Waals surface area contributed by atoms with E-state index in [9.17, 15) is 19.7 Å². The van der Waals surface area contributed by atoms with Crippen molar-refractivity contribution in [2.75, 3.05) is 0 Å². The molecule has 1 aromatic heterocycles. The first-order valence-corrected chi connectivity index (χ1v) is 6.03. The summed E-state index contributed by atoms with van der Waals surface area (Å²) in [6, 6.07) is 5.53. The third kappa shape index (κ3) is 2.99. The molecule has 0 amide bonds. The van der Waals surface area contributed by atoms with E-state index in [0.29, 0.717) is 11.3 Å². The molecule has 21 heavy (non-hydrogen) atoms. The highest BCUT2D eigenvalue weighted by Crippen LogP contribution is 2.17. The summed E-state index contributed by atoms with van der Waals surface area (Å²) in [6.07, 6.45) is 1.41. The van der Waals surface area contributed by atoms with Gasteiger partial charge in [0.15, 0.2) is 0 Å². The van der Waals surface area contributed by atoms with Gasteiger partial charge in [0, 0.05) is 32.4 Å². The average molecular weight is 291 g/mol. The number of nitro groups is 1. The number of aryl methyl sites for hydroxylation is 1. The molecule has 8 nitrogen and oxygen atoms in total. The van der Waals surface area contributed by atoms with Crippen LogP contribution in [0.2, 0.25) is 0 Å². The van der Waals surface area contributed by atoms with Crippen molar-refractivity contribution in [1.82, 2.24) is 9.13 Å². The fourth-order valence-corrected chi connectivity index (χ4v) is 1.81. The fraction of sp³-hybridized carbons (Fsp3) is 0.231. The molecule has 0 atom stereocenters. The highest BCUT2D eigenvalue weighted by atomic mass is 16.6. The Morgan fingerprint density at radius 1 is 1.19 bits per heavy atom. The molecule has 0 saturated carbocycles. The molecule has 0 aliphatic carbocycles. The van der Waals surface area contributed by atoms with E-state index in [4.69, 9.17) is 4.74 Å². The van der Waals surface area contributed by atoms with Crippen molar-refractivity contribution in [1.29, 1.82) is 0 Å². The number of hydrogen-bond donors (Lipinski definition) is 0. The maximum atomic E-state index is 11.9. The zero-order valence-corrected chi connectivity index (χ0v) is 11.5. The molecule has 0 spiro atoms. The maximum Gasteiger partial charge on any atom is 0.330 e. The van der Waals surface area contributed by atoms with Gasteiger partial charge in [0.1, 0.15) is 12.4 Å². The van der Waals surface area contributed by atoms with Crippen molar-refractivity contribution in [2.45, 2.75) is 6.61 Å². The van der Waals surface area contributed by atoms with Crippen molar-refractivity contribution in [3.05, 3.63) is 67.0 Å². The minimum Gasteiger partial charge on any atom is -0.489 e. The number of rotatable bonds is 4. The molecule has 0 unspecified atom stereocenters. The van der Waals surface area contributed by atoms with E-state index in [1.165, 1.54) is 49.1 Å². The number of non-ortho nitro benzene ring substituents is 1. The van der Waals surface area contributed by atoms with Crippen molar-refractivity contribution in [3.8, 4) is 5.75 Å². The zero-order chi connectivity index (χ0) is 15.6. The molecule has 2 aromatic rings. The van der Waals surface area contributed by atoms with Crippen LogP contribution in [0.15, 0.2) is 40.1 Å². The number of aromatic nitrogens is 2. The van der Waals surface area contributed by atoms with Crippen molar-refractivity contribution >= 4 is 5.69 Å². The van der Waals surface area contributed by atoms with E-state index in [-0.39, 0.29) is 12.3 Å². The monoisotopic (exact) mass is 291 g/mol. The van der Waals surface area contributed by atoms with E-state index < -0.39 is 16.2 Å². The van der Waals surface area contributed by atoms with Gasteiger partial charge in [-0.3, -0.25) is 19.5 Å². The molecule has 8 heteroatoms. The van der Waals surface area contributed by atoms with Crippen LogP contribution in [0.1, 0.15) is 5.56 Å². The lowest BCUT2D eigenvalue weighted by Gasteiger charge is -2.08. The molecule has 2 rings (SSSR count). The molecule has 0 bridgehead atoms. The van der Waals surface area contributed by atoms with Crippen molar-refractivity contribution < 1.29 is 9.66 Å². The molecule has 1 heterocycles. The first kappa shape index (κ1) is 14.5. The molecule has 110 valence electrons. The molecule has 0 radical (unpaired) electrons. The van der Waals surface area contributed by atoms with Crippen LogP contribution < -0.4 is 16.0 Å². The van der Waals surface area contributed by atoms with Crippen molar-refractivity contribution in [2.24, 2.45) is 14.1 Å². The number of nitro benzene ring substituents is 1. The average Bonchev–Trinajstić information content (AvgIpc) is 2.48. The summed E-state index contributed by atoms with van der Waals surface area (Å²) >= 11 is 0. The molecule has 0 saturated heterocycles. The Morgan fingerprint density at radius 2 is 1.81 bits per heavy atom. The second-order valence-electron chi connectivity index (χ2n) is 4.45. The molecule has 1 aromatic carbocycles. The lowest BCUT2D eigenvalue weighted by atomic mass is 10.3. The third-order valence-electron chi connectivity index (χ3n) is 2.96. The van der Waals surface area contributed by atoms with Gasteiger partial charge < -0.3 is 9.30 Å². The van der Waals surface area contributed by atoms with Gasteiger partial charge in [-0.2, -0.15) is 0 Å². The zero-order valence-electron chi connectivity index (χ0n) is 11.5. The van der Waals surface area contributed by atoms with Crippen LogP contribution >= 0.6 is 0 Å². The Balaban J connectivity index is 2.19. The van der Waals surface area contributed by atoms with Crippen LogP contribution in [-0.2, 0) is 20.7 Å². The molecule has 0 fully saturated rings. The van der Waals surface area contributed by atoms with Gasteiger partial charge in [-0.15, -0.1) is 0 Å². The van der Waals surface area contributed by atoms with E-state index in [1.807, 2.05) is 0 Å². The topological polar surface area (TPSA) is 96.4 Å². The van der Waals surface area contributed by atoms with Crippen LogP contribution in [0.4, 0.5) is 5.69 Å². The largest absolute Gasteiger partial charge is 0.489 e. The van der Waals surface area contributed by atoms with Crippen LogP contribution in [0.3, 0.4) is 0 Å². The van der Waals surface area contributed by atoms with Crippen LogP contribution in [0.5, 0.6) is 5.75 Å². The SMILES string of the molecule is Cn1cc(COc2ccc([N+](=O)[O-])cc2)c(=O)n(C)c1=O. The lowest BCUT2D eigenvalue weighted by Crippen LogP contribution is -2.38. The number of ether oxygens (including phenoxy) is 1. The van der Waals surface area contributed by atoms with Gasteiger partial charge in [0.05, 0.1) is 10.5 Å². The van der Waals surface area contributed by atoms with Crippen molar-refractivity contribution in [3.63, 3.8) is 0 Å². The van der Waals surface area contributed by atoms with E-state index in [1.54, 1.807) is 0 Å². The number of hydrogen-bond acceptors (Lipinski definition) is 5. The summed E-state index contributed by atoms with van der Waals surface area (Å²) in [4.78, 5) is 33.4. The quantitative estimate of drug-likeness (QED) is 0.606. The second-order valence-corrected chi connectivity index (χ2v) is 4.45.